The Morgan fingerprint density at radius 1 is 1.17 bits per heavy atom. The van der Waals surface area contributed by atoms with E-state index in [1.807, 2.05) is 42.7 Å². The number of aryl methyl sites for hydroxylation is 3. The Morgan fingerprint density at radius 2 is 2.00 bits per heavy atom. The third-order valence-electron chi connectivity index (χ3n) is 5.55. The SMILES string of the molecule is Cc1cc(C(=O)COC(=O)c2cc3c(s2)CCCCC3)c(C)n1Cc1ccco1. The van der Waals surface area contributed by atoms with E-state index in [1.54, 1.807) is 6.26 Å². The van der Waals surface area contributed by atoms with E-state index in [0.717, 1.165) is 30.0 Å². The zero-order valence-corrected chi connectivity index (χ0v) is 17.6. The second-order valence-electron chi connectivity index (χ2n) is 7.57. The molecule has 152 valence electrons. The Labute approximate surface area is 174 Å². The third kappa shape index (κ3) is 4.22. The van der Waals surface area contributed by atoms with E-state index in [-0.39, 0.29) is 12.4 Å². The summed E-state index contributed by atoms with van der Waals surface area (Å²) in [6.07, 6.45) is 7.29. The van der Waals surface area contributed by atoms with Crippen LogP contribution >= 0.6 is 11.3 Å². The minimum atomic E-state index is -0.402. The highest BCUT2D eigenvalue weighted by Gasteiger charge is 2.21. The minimum absolute atomic E-state index is 0.185. The molecule has 6 heteroatoms. The predicted molar refractivity (Wildman–Crippen MR) is 112 cm³/mol. The summed E-state index contributed by atoms with van der Waals surface area (Å²) in [5.74, 6) is 0.241. The van der Waals surface area contributed by atoms with Gasteiger partial charge in [0.2, 0.25) is 5.78 Å². The van der Waals surface area contributed by atoms with Crippen LogP contribution in [0.25, 0.3) is 0 Å². The maximum absolute atomic E-state index is 12.7. The fourth-order valence-corrected chi connectivity index (χ4v) is 5.08. The lowest BCUT2D eigenvalue weighted by atomic mass is 10.1. The lowest BCUT2D eigenvalue weighted by Crippen LogP contribution is -2.14. The van der Waals surface area contributed by atoms with Gasteiger partial charge in [0.25, 0.3) is 0 Å². The summed E-state index contributed by atoms with van der Waals surface area (Å²) < 4.78 is 12.8. The normalized spacial score (nSPS) is 13.7. The lowest BCUT2D eigenvalue weighted by molar-refractivity contribution is 0.0479. The Morgan fingerprint density at radius 3 is 2.79 bits per heavy atom. The zero-order chi connectivity index (χ0) is 20.4. The Bertz CT molecular complexity index is 1000. The molecule has 0 N–H and O–H groups in total. The first-order valence-electron chi connectivity index (χ1n) is 10.0. The van der Waals surface area contributed by atoms with Crippen molar-refractivity contribution in [3.8, 4) is 0 Å². The third-order valence-corrected chi connectivity index (χ3v) is 6.77. The summed E-state index contributed by atoms with van der Waals surface area (Å²) in [4.78, 5) is 27.1. The first kappa shape index (κ1) is 19.7. The second kappa shape index (κ2) is 8.41. The molecule has 3 aromatic rings. The maximum atomic E-state index is 12.7. The van der Waals surface area contributed by atoms with Crippen LogP contribution in [0.3, 0.4) is 0 Å². The summed E-state index contributed by atoms with van der Waals surface area (Å²) >= 11 is 1.52. The summed E-state index contributed by atoms with van der Waals surface area (Å²) in [6, 6.07) is 7.55. The number of carbonyl (C=O) groups is 2. The average Bonchev–Trinajstić information content (AvgIpc) is 3.39. The van der Waals surface area contributed by atoms with Gasteiger partial charge in [-0.05, 0) is 69.4 Å². The molecular formula is C23H25NO4S. The van der Waals surface area contributed by atoms with E-state index < -0.39 is 5.97 Å². The topological polar surface area (TPSA) is 61.4 Å². The van der Waals surface area contributed by atoms with Gasteiger partial charge in [-0.1, -0.05) is 6.42 Å². The van der Waals surface area contributed by atoms with Crippen molar-refractivity contribution in [1.29, 1.82) is 0 Å². The van der Waals surface area contributed by atoms with Gasteiger partial charge in [0.15, 0.2) is 6.61 Å². The van der Waals surface area contributed by atoms with Crippen LogP contribution in [0.4, 0.5) is 0 Å². The molecule has 29 heavy (non-hydrogen) atoms. The predicted octanol–water partition coefficient (Wildman–Crippen LogP) is 5.12. The number of ketones is 1. The first-order valence-corrected chi connectivity index (χ1v) is 10.9. The molecule has 0 unspecified atom stereocenters. The number of hydrogen-bond acceptors (Lipinski definition) is 5. The van der Waals surface area contributed by atoms with Crippen LogP contribution in [-0.2, 0) is 24.1 Å². The number of esters is 1. The van der Waals surface area contributed by atoms with Crippen LogP contribution in [0.5, 0.6) is 0 Å². The number of furan rings is 1. The van der Waals surface area contributed by atoms with Crippen LogP contribution in [0, 0.1) is 13.8 Å². The number of fused-ring (bicyclic) bond motifs is 1. The molecule has 0 atom stereocenters. The molecule has 0 amide bonds. The van der Waals surface area contributed by atoms with Crippen molar-refractivity contribution in [3.05, 3.63) is 68.6 Å². The quantitative estimate of drug-likeness (QED) is 0.321. The van der Waals surface area contributed by atoms with Crippen LogP contribution < -0.4 is 0 Å². The molecule has 0 saturated heterocycles. The lowest BCUT2D eigenvalue weighted by Gasteiger charge is -2.08. The number of carbonyl (C=O) groups excluding carboxylic acids is 2. The van der Waals surface area contributed by atoms with Crippen molar-refractivity contribution in [2.75, 3.05) is 6.61 Å². The van der Waals surface area contributed by atoms with E-state index in [4.69, 9.17) is 9.15 Å². The number of rotatable bonds is 6. The molecule has 0 spiro atoms. The standard InChI is InChI=1S/C23H25NO4S/c1-15-11-19(16(2)24(15)13-18-8-6-10-27-18)20(25)14-28-23(26)22-12-17-7-4-3-5-9-21(17)29-22/h6,8,10-12H,3-5,7,9,13-14H2,1-2H3. The molecule has 4 rings (SSSR count). The molecule has 3 heterocycles. The molecule has 0 fully saturated rings. The number of Topliss-reactive ketones (excluding diaryl/α,β-unsaturated/α-hetero) is 1. The smallest absolute Gasteiger partial charge is 0.348 e. The molecule has 0 saturated carbocycles. The van der Waals surface area contributed by atoms with Crippen LogP contribution in [0.15, 0.2) is 34.9 Å². The molecule has 0 aromatic carbocycles. The van der Waals surface area contributed by atoms with Gasteiger partial charge >= 0.3 is 5.97 Å². The molecule has 5 nitrogen and oxygen atoms in total. The molecule has 1 aliphatic carbocycles. The summed E-state index contributed by atoms with van der Waals surface area (Å²) in [5.41, 5.74) is 3.68. The summed E-state index contributed by atoms with van der Waals surface area (Å²) in [5, 5.41) is 0. The van der Waals surface area contributed by atoms with Crippen molar-refractivity contribution in [2.45, 2.75) is 52.5 Å². The summed E-state index contributed by atoms with van der Waals surface area (Å²) in [7, 11) is 0. The van der Waals surface area contributed by atoms with Crippen molar-refractivity contribution >= 4 is 23.1 Å². The average molecular weight is 412 g/mol. The summed E-state index contributed by atoms with van der Waals surface area (Å²) in [6.45, 7) is 4.18. The molecular weight excluding hydrogens is 386 g/mol. The highest BCUT2D eigenvalue weighted by Crippen LogP contribution is 2.29. The van der Waals surface area contributed by atoms with Gasteiger partial charge in [-0.25, -0.2) is 4.79 Å². The van der Waals surface area contributed by atoms with E-state index in [2.05, 4.69) is 0 Å². The van der Waals surface area contributed by atoms with Crippen molar-refractivity contribution in [2.24, 2.45) is 0 Å². The molecule has 3 aromatic heterocycles. The number of ether oxygens (including phenoxy) is 1. The monoisotopic (exact) mass is 411 g/mol. The van der Waals surface area contributed by atoms with E-state index in [9.17, 15) is 9.59 Å². The van der Waals surface area contributed by atoms with E-state index in [1.165, 1.54) is 41.0 Å². The fraction of sp³-hybridized carbons (Fsp3) is 0.391. The van der Waals surface area contributed by atoms with Crippen molar-refractivity contribution in [1.82, 2.24) is 4.57 Å². The van der Waals surface area contributed by atoms with Gasteiger partial charge in [-0.15, -0.1) is 11.3 Å². The van der Waals surface area contributed by atoms with E-state index >= 15 is 0 Å². The Kier molecular flexibility index (Phi) is 5.72. The van der Waals surface area contributed by atoms with Gasteiger partial charge in [-0.3, -0.25) is 4.79 Å². The Balaban J connectivity index is 1.41. The van der Waals surface area contributed by atoms with Crippen molar-refractivity contribution in [3.63, 3.8) is 0 Å². The largest absolute Gasteiger partial charge is 0.467 e. The Hall–Kier alpha value is -2.60. The molecule has 1 aliphatic rings. The van der Waals surface area contributed by atoms with Gasteiger partial charge < -0.3 is 13.7 Å². The van der Waals surface area contributed by atoms with Crippen molar-refractivity contribution < 1.29 is 18.7 Å². The minimum Gasteiger partial charge on any atom is -0.467 e. The maximum Gasteiger partial charge on any atom is 0.348 e. The van der Waals surface area contributed by atoms with E-state index in [0.29, 0.717) is 17.0 Å². The van der Waals surface area contributed by atoms with Crippen LogP contribution in [0.2, 0.25) is 0 Å². The first-order chi connectivity index (χ1) is 14.0. The number of hydrogen-bond donors (Lipinski definition) is 0. The highest BCUT2D eigenvalue weighted by atomic mass is 32.1. The van der Waals surface area contributed by atoms with Crippen LogP contribution in [0.1, 0.15) is 66.9 Å². The van der Waals surface area contributed by atoms with Gasteiger partial charge in [0.05, 0.1) is 12.8 Å². The van der Waals surface area contributed by atoms with Gasteiger partial charge in [-0.2, -0.15) is 0 Å². The molecule has 0 bridgehead atoms. The van der Waals surface area contributed by atoms with Crippen LogP contribution in [-0.4, -0.2) is 22.9 Å². The number of nitrogens with zero attached hydrogens (tertiary/aromatic N) is 1. The fourth-order valence-electron chi connectivity index (χ4n) is 3.93. The van der Waals surface area contributed by atoms with Gasteiger partial charge in [0, 0.05) is 21.8 Å². The number of aromatic nitrogens is 1. The van der Waals surface area contributed by atoms with Gasteiger partial charge in [0.1, 0.15) is 10.6 Å². The molecule has 0 radical (unpaired) electrons. The number of thiophene rings is 1. The zero-order valence-electron chi connectivity index (χ0n) is 16.8. The second-order valence-corrected chi connectivity index (χ2v) is 8.71. The highest BCUT2D eigenvalue weighted by molar-refractivity contribution is 7.14. The molecule has 0 aliphatic heterocycles.